The normalized spacial score (nSPS) is 16.8. The number of hydrogen-bond acceptors (Lipinski definition) is 5. The maximum Gasteiger partial charge on any atom is 0.252 e. The van der Waals surface area contributed by atoms with Crippen molar-refractivity contribution < 1.29 is 19.1 Å². The Labute approximate surface area is 196 Å². The van der Waals surface area contributed by atoms with E-state index in [1.807, 2.05) is 36.4 Å². The quantitative estimate of drug-likeness (QED) is 0.632. The monoisotopic (exact) mass is 463 g/mol. The highest BCUT2D eigenvalue weighted by Crippen LogP contribution is 2.38. The number of nitrogens with one attached hydrogen (secondary N) is 1. The molecule has 3 aromatic rings. The number of benzene rings is 2. The lowest BCUT2D eigenvalue weighted by Crippen LogP contribution is -2.35. The fourth-order valence-corrected chi connectivity index (χ4v) is 4.44. The van der Waals surface area contributed by atoms with Crippen molar-refractivity contribution in [2.24, 2.45) is 0 Å². The van der Waals surface area contributed by atoms with Crippen molar-refractivity contribution in [1.82, 2.24) is 15.2 Å². The smallest absolute Gasteiger partial charge is 0.252 e. The van der Waals surface area contributed by atoms with E-state index in [2.05, 4.69) is 10.3 Å². The van der Waals surface area contributed by atoms with Gasteiger partial charge in [0.15, 0.2) is 11.5 Å². The van der Waals surface area contributed by atoms with Crippen LogP contribution in [0.25, 0.3) is 11.3 Å². The molecule has 1 N–H and O–H groups in total. The van der Waals surface area contributed by atoms with Gasteiger partial charge in [0.05, 0.1) is 36.8 Å². The second-order valence-corrected chi connectivity index (χ2v) is 8.45. The molecule has 2 amide bonds. The van der Waals surface area contributed by atoms with Crippen molar-refractivity contribution in [1.29, 1.82) is 0 Å². The molecule has 0 saturated heterocycles. The molecular weight excluding hydrogens is 442 g/mol. The van der Waals surface area contributed by atoms with Crippen molar-refractivity contribution in [3.05, 3.63) is 76.4 Å². The van der Waals surface area contributed by atoms with Crippen LogP contribution in [0.2, 0.25) is 5.02 Å². The highest BCUT2D eigenvalue weighted by Gasteiger charge is 2.32. The predicted octanol–water partition coefficient (Wildman–Crippen LogP) is 4.01. The van der Waals surface area contributed by atoms with Gasteiger partial charge < -0.3 is 19.7 Å². The first-order valence-electron chi connectivity index (χ1n) is 10.7. The Hall–Kier alpha value is -3.58. The number of carbonyl (C=O) groups is 2. The van der Waals surface area contributed by atoms with Gasteiger partial charge in [0.25, 0.3) is 5.91 Å². The van der Waals surface area contributed by atoms with Gasteiger partial charge in [-0.05, 0) is 35.9 Å². The zero-order chi connectivity index (χ0) is 22.9. The number of halogens is 1. The summed E-state index contributed by atoms with van der Waals surface area (Å²) in [7, 11) is 1.59. The third-order valence-electron chi connectivity index (χ3n) is 5.96. The topological polar surface area (TPSA) is 80.8 Å². The molecule has 0 fully saturated rings. The van der Waals surface area contributed by atoms with Gasteiger partial charge in [0.2, 0.25) is 5.91 Å². The van der Waals surface area contributed by atoms with Crippen LogP contribution in [0.4, 0.5) is 0 Å². The number of pyridine rings is 1. The minimum absolute atomic E-state index is 0.0533. The molecule has 2 aliphatic heterocycles. The van der Waals surface area contributed by atoms with E-state index in [9.17, 15) is 9.59 Å². The van der Waals surface area contributed by atoms with Gasteiger partial charge in [-0.3, -0.25) is 14.6 Å². The lowest BCUT2D eigenvalue weighted by atomic mass is 10.0. The molecule has 0 aliphatic carbocycles. The number of methoxy groups -OCH3 is 1. The first-order valence-corrected chi connectivity index (χ1v) is 11.0. The maximum atomic E-state index is 13.2. The van der Waals surface area contributed by atoms with E-state index in [1.54, 1.807) is 30.3 Å². The number of ether oxygens (including phenoxy) is 2. The van der Waals surface area contributed by atoms with Crippen molar-refractivity contribution in [2.75, 3.05) is 20.3 Å². The molecule has 1 aromatic heterocycles. The van der Waals surface area contributed by atoms with Crippen LogP contribution in [-0.2, 0) is 11.3 Å². The largest absolute Gasteiger partial charge is 0.493 e. The molecule has 3 heterocycles. The second-order valence-electron chi connectivity index (χ2n) is 8.01. The van der Waals surface area contributed by atoms with Crippen molar-refractivity contribution in [3.8, 4) is 22.8 Å². The number of carbonyl (C=O) groups excluding carboxylic acids is 2. The number of fused-ring (bicyclic) bond motifs is 2. The van der Waals surface area contributed by atoms with Crippen molar-refractivity contribution in [3.63, 3.8) is 0 Å². The van der Waals surface area contributed by atoms with Gasteiger partial charge >= 0.3 is 0 Å². The predicted molar refractivity (Wildman–Crippen MR) is 123 cm³/mol. The van der Waals surface area contributed by atoms with Crippen LogP contribution >= 0.6 is 11.6 Å². The van der Waals surface area contributed by atoms with Crippen LogP contribution in [-0.4, -0.2) is 42.0 Å². The van der Waals surface area contributed by atoms with E-state index in [1.165, 1.54) is 0 Å². The number of hydrogen-bond donors (Lipinski definition) is 1. The Morgan fingerprint density at radius 2 is 2.12 bits per heavy atom. The Morgan fingerprint density at radius 3 is 2.91 bits per heavy atom. The summed E-state index contributed by atoms with van der Waals surface area (Å²) < 4.78 is 11.6. The molecule has 0 radical (unpaired) electrons. The molecule has 1 atom stereocenters. The first kappa shape index (κ1) is 21.3. The highest BCUT2D eigenvalue weighted by atomic mass is 35.5. The van der Waals surface area contributed by atoms with Crippen LogP contribution in [0.5, 0.6) is 11.5 Å². The lowest BCUT2D eigenvalue weighted by Gasteiger charge is -2.22. The van der Waals surface area contributed by atoms with Crippen LogP contribution in [0.15, 0.2) is 54.7 Å². The SMILES string of the molecule is COc1cc(-c2ccc(Cl)cn2)cc2c1OCCN(C(=O)C[C@H]1NC(=O)c3ccccc31)C2. The maximum absolute atomic E-state index is 13.2. The molecular formula is C25H22ClN3O4. The van der Waals surface area contributed by atoms with E-state index in [-0.39, 0.29) is 24.3 Å². The zero-order valence-electron chi connectivity index (χ0n) is 18.0. The molecule has 0 unspecified atom stereocenters. The molecule has 7 nitrogen and oxygen atoms in total. The minimum Gasteiger partial charge on any atom is -0.493 e. The summed E-state index contributed by atoms with van der Waals surface area (Å²) in [4.78, 5) is 31.6. The molecule has 2 aromatic carbocycles. The van der Waals surface area contributed by atoms with E-state index < -0.39 is 0 Å². The van der Waals surface area contributed by atoms with E-state index in [0.717, 1.165) is 22.4 Å². The Morgan fingerprint density at radius 1 is 1.27 bits per heavy atom. The summed E-state index contributed by atoms with van der Waals surface area (Å²) in [5, 5.41) is 3.48. The molecule has 0 spiro atoms. The Bertz CT molecular complexity index is 1230. The van der Waals surface area contributed by atoms with E-state index in [0.29, 0.717) is 41.8 Å². The van der Waals surface area contributed by atoms with E-state index in [4.69, 9.17) is 21.1 Å². The standard InChI is InChI=1S/C25H22ClN3O4/c1-32-22-11-15(20-7-6-17(26)13-27-20)10-16-14-29(8-9-33-24(16)22)23(30)12-21-18-4-2-3-5-19(18)25(31)28-21/h2-7,10-11,13,21H,8-9,12,14H2,1H3,(H,28,31)/t21-/m1/s1. The minimum atomic E-state index is -0.330. The third kappa shape index (κ3) is 4.12. The van der Waals surface area contributed by atoms with Crippen LogP contribution in [0.1, 0.15) is 33.9 Å². The van der Waals surface area contributed by atoms with Gasteiger partial charge in [0.1, 0.15) is 6.61 Å². The first-order chi connectivity index (χ1) is 16.0. The van der Waals surface area contributed by atoms with Gasteiger partial charge in [0, 0.05) is 29.4 Å². The Kier molecular flexibility index (Phi) is 5.64. The summed E-state index contributed by atoms with van der Waals surface area (Å²) in [6.45, 7) is 1.16. The fraction of sp³-hybridized carbons (Fsp3) is 0.240. The van der Waals surface area contributed by atoms with Gasteiger partial charge in [-0.25, -0.2) is 0 Å². The van der Waals surface area contributed by atoms with Crippen LogP contribution in [0.3, 0.4) is 0 Å². The number of nitrogens with zero attached hydrogens (tertiary/aromatic N) is 2. The summed E-state index contributed by atoms with van der Waals surface area (Å²) in [6, 6.07) is 14.5. The van der Waals surface area contributed by atoms with Crippen molar-refractivity contribution in [2.45, 2.75) is 19.0 Å². The van der Waals surface area contributed by atoms with Crippen LogP contribution < -0.4 is 14.8 Å². The van der Waals surface area contributed by atoms with Crippen molar-refractivity contribution >= 4 is 23.4 Å². The molecule has 5 rings (SSSR count). The van der Waals surface area contributed by atoms with Gasteiger partial charge in [-0.15, -0.1) is 0 Å². The van der Waals surface area contributed by atoms with Gasteiger partial charge in [-0.2, -0.15) is 0 Å². The van der Waals surface area contributed by atoms with Crippen LogP contribution in [0, 0.1) is 0 Å². The average molecular weight is 464 g/mol. The highest BCUT2D eigenvalue weighted by molar-refractivity contribution is 6.30. The summed E-state index contributed by atoms with van der Waals surface area (Å²) in [6.07, 6.45) is 1.78. The van der Waals surface area contributed by atoms with Gasteiger partial charge in [-0.1, -0.05) is 29.8 Å². The molecule has 2 aliphatic rings. The molecule has 168 valence electrons. The number of aromatic nitrogens is 1. The summed E-state index contributed by atoms with van der Waals surface area (Å²) in [5.41, 5.74) is 3.91. The summed E-state index contributed by atoms with van der Waals surface area (Å²) >= 11 is 5.98. The number of amides is 2. The van der Waals surface area contributed by atoms with E-state index >= 15 is 0 Å². The second kappa shape index (κ2) is 8.75. The number of rotatable bonds is 4. The fourth-order valence-electron chi connectivity index (χ4n) is 4.33. The third-order valence-corrected chi connectivity index (χ3v) is 6.18. The molecule has 0 bridgehead atoms. The average Bonchev–Trinajstić information content (AvgIpc) is 3.00. The molecule has 8 heteroatoms. The Balaban J connectivity index is 1.41. The summed E-state index contributed by atoms with van der Waals surface area (Å²) in [5.74, 6) is 1.02. The molecule has 0 saturated carbocycles. The molecule has 33 heavy (non-hydrogen) atoms. The lowest BCUT2D eigenvalue weighted by molar-refractivity contribution is -0.132. The zero-order valence-corrected chi connectivity index (χ0v) is 18.8.